The lowest BCUT2D eigenvalue weighted by atomic mass is 9.92. The van der Waals surface area contributed by atoms with Gasteiger partial charge in [0.05, 0.1) is 0 Å². The number of ether oxygens (including phenoxy) is 1. The Kier molecular flexibility index (Phi) is 7.58. The van der Waals surface area contributed by atoms with E-state index in [4.69, 9.17) is 29.8 Å². The number of hydrogen-bond donors (Lipinski definition) is 7. The topological polar surface area (TPSA) is 238 Å². The summed E-state index contributed by atoms with van der Waals surface area (Å²) in [5.74, 6) is -8.88. The van der Waals surface area contributed by atoms with E-state index < -0.39 is 70.1 Å². The lowest BCUT2D eigenvalue weighted by Gasteiger charge is -2.37. The van der Waals surface area contributed by atoms with Crippen LogP contribution in [0.4, 0.5) is 8.78 Å². The van der Waals surface area contributed by atoms with Crippen LogP contribution in [0.1, 0.15) is 6.42 Å². The molecule has 0 aromatic rings. The lowest BCUT2D eigenvalue weighted by molar-refractivity contribution is -0.281. The fourth-order valence-corrected chi connectivity index (χ4v) is 3.23. The number of rotatable bonds is 9. The van der Waals surface area contributed by atoms with Gasteiger partial charge in [-0.05, 0) is 6.08 Å². The zero-order valence-electron chi connectivity index (χ0n) is 13.2. The molecule has 1 rings (SSSR count). The first-order valence-electron chi connectivity index (χ1n) is 6.80. The SMILES string of the molecule is O=C(O)C1=C[C@@H](O[C@@](OP(=O)(O)O)(C(=O)O)C(F)F)[C@H](O)[C@H](OP(=O)(O)O)C1. The number of hydrogen-bond acceptors (Lipinski definition) is 8. The standard InChI is InChI=1S/C10H14F2O14P2/c11-8(12)10(9(16)17,26-28(21,22)23)24-4-1-3(7(14)15)2-5(6(4)13)25-27(18,19)20/h1,4-6,8,13H,2H2,(H,14,15)(H,16,17)(H2,18,19,20)(H2,21,22,23)/t4-,5-,6+,10+/m1/s1. The molecule has 0 aromatic carbocycles. The second-order valence-electron chi connectivity index (χ2n) is 5.26. The molecule has 1 aliphatic carbocycles. The Morgan fingerprint density at radius 3 is 2.04 bits per heavy atom. The van der Waals surface area contributed by atoms with Gasteiger partial charge in [-0.1, -0.05) is 0 Å². The second kappa shape index (κ2) is 8.59. The molecule has 14 nitrogen and oxygen atoms in total. The molecule has 0 radical (unpaired) electrons. The van der Waals surface area contributed by atoms with Gasteiger partial charge in [-0.2, -0.15) is 0 Å². The number of aliphatic hydroxyl groups is 1. The molecule has 0 unspecified atom stereocenters. The molecular weight excluding hydrogens is 444 g/mol. The van der Waals surface area contributed by atoms with Gasteiger partial charge in [-0.15, -0.1) is 0 Å². The van der Waals surface area contributed by atoms with E-state index >= 15 is 0 Å². The van der Waals surface area contributed by atoms with Crippen LogP contribution >= 0.6 is 15.6 Å². The predicted molar refractivity (Wildman–Crippen MR) is 77.6 cm³/mol. The van der Waals surface area contributed by atoms with E-state index in [1.165, 1.54) is 0 Å². The van der Waals surface area contributed by atoms with Gasteiger partial charge in [0.2, 0.25) is 0 Å². The van der Waals surface area contributed by atoms with Crippen LogP contribution in [0.15, 0.2) is 11.6 Å². The lowest BCUT2D eigenvalue weighted by Crippen LogP contribution is -2.56. The summed E-state index contributed by atoms with van der Waals surface area (Å²) in [6.07, 6.45) is -11.5. The highest BCUT2D eigenvalue weighted by Crippen LogP contribution is 2.46. The van der Waals surface area contributed by atoms with Crippen molar-refractivity contribution < 1.29 is 76.2 Å². The van der Waals surface area contributed by atoms with Crippen molar-refractivity contribution in [3.63, 3.8) is 0 Å². The number of phosphoric ester groups is 2. The average molecular weight is 458 g/mol. The van der Waals surface area contributed by atoms with Crippen LogP contribution in [0.25, 0.3) is 0 Å². The Morgan fingerprint density at radius 1 is 1.14 bits per heavy atom. The van der Waals surface area contributed by atoms with Crippen LogP contribution in [0.5, 0.6) is 0 Å². The van der Waals surface area contributed by atoms with Crippen LogP contribution in [-0.2, 0) is 32.5 Å². The van der Waals surface area contributed by atoms with Crippen LogP contribution in [-0.4, -0.2) is 77.4 Å². The Hall–Kier alpha value is -1.32. The summed E-state index contributed by atoms with van der Waals surface area (Å²) in [6, 6.07) is 0. The van der Waals surface area contributed by atoms with Crippen molar-refractivity contribution in [2.24, 2.45) is 0 Å². The summed E-state index contributed by atoms with van der Waals surface area (Å²) in [5.41, 5.74) is -0.793. The maximum Gasteiger partial charge on any atom is 0.472 e. The van der Waals surface area contributed by atoms with Crippen molar-refractivity contribution in [3.8, 4) is 0 Å². The van der Waals surface area contributed by atoms with Crippen LogP contribution in [0, 0.1) is 0 Å². The van der Waals surface area contributed by atoms with Gasteiger partial charge in [0.25, 0.3) is 0 Å². The van der Waals surface area contributed by atoms with E-state index in [1.54, 1.807) is 0 Å². The van der Waals surface area contributed by atoms with Gasteiger partial charge >= 0.3 is 39.8 Å². The fraction of sp³-hybridized carbons (Fsp3) is 0.600. The normalized spacial score (nSPS) is 25.9. The van der Waals surface area contributed by atoms with Crippen molar-refractivity contribution in [3.05, 3.63) is 11.6 Å². The minimum absolute atomic E-state index is 0.398. The van der Waals surface area contributed by atoms with Crippen molar-refractivity contribution in [2.75, 3.05) is 0 Å². The molecule has 0 saturated heterocycles. The maximum absolute atomic E-state index is 13.3. The van der Waals surface area contributed by atoms with E-state index in [0.29, 0.717) is 6.08 Å². The first kappa shape index (κ1) is 24.7. The third-order valence-electron chi connectivity index (χ3n) is 3.20. The Balaban J connectivity index is 3.39. The highest BCUT2D eigenvalue weighted by Gasteiger charge is 2.58. The number of alkyl halides is 2. The molecule has 162 valence electrons. The predicted octanol–water partition coefficient (Wildman–Crippen LogP) is -1.22. The molecule has 18 heteroatoms. The molecule has 28 heavy (non-hydrogen) atoms. The molecule has 0 aliphatic heterocycles. The van der Waals surface area contributed by atoms with Gasteiger partial charge in [0.1, 0.15) is 18.3 Å². The summed E-state index contributed by atoms with van der Waals surface area (Å²) in [6.45, 7) is 0. The Morgan fingerprint density at radius 2 is 1.68 bits per heavy atom. The first-order valence-corrected chi connectivity index (χ1v) is 9.86. The minimum atomic E-state index is -5.93. The number of carboxylic acid groups (broad SMARTS) is 2. The highest BCUT2D eigenvalue weighted by atomic mass is 31.2. The zero-order chi connectivity index (χ0) is 22.1. The van der Waals surface area contributed by atoms with E-state index in [-0.39, 0.29) is 0 Å². The molecule has 0 aromatic heterocycles. The maximum atomic E-state index is 13.3. The van der Waals surface area contributed by atoms with E-state index in [9.17, 15) is 32.6 Å². The number of halogens is 2. The molecule has 4 atom stereocenters. The number of carbonyl (C=O) groups is 2. The quantitative estimate of drug-likeness (QED) is 0.158. The third kappa shape index (κ3) is 6.35. The van der Waals surface area contributed by atoms with E-state index in [0.717, 1.165) is 0 Å². The molecular formula is C10H14F2O14P2. The van der Waals surface area contributed by atoms with E-state index in [2.05, 4.69) is 13.8 Å². The van der Waals surface area contributed by atoms with Gasteiger partial charge in [0, 0.05) is 12.0 Å². The molecule has 0 amide bonds. The summed E-state index contributed by atoms with van der Waals surface area (Å²) in [7, 11) is -11.3. The molecule has 0 heterocycles. The summed E-state index contributed by atoms with van der Waals surface area (Å²) >= 11 is 0. The summed E-state index contributed by atoms with van der Waals surface area (Å²) < 4.78 is 60.4. The van der Waals surface area contributed by atoms with Crippen LogP contribution in [0.3, 0.4) is 0 Å². The molecule has 1 aliphatic rings. The van der Waals surface area contributed by atoms with Crippen molar-refractivity contribution >= 4 is 27.6 Å². The van der Waals surface area contributed by atoms with Crippen LogP contribution in [0.2, 0.25) is 0 Å². The summed E-state index contributed by atoms with van der Waals surface area (Å²) in [4.78, 5) is 57.3. The fourth-order valence-electron chi connectivity index (χ4n) is 2.13. The third-order valence-corrected chi connectivity index (χ3v) is 4.26. The van der Waals surface area contributed by atoms with Crippen molar-refractivity contribution in [2.45, 2.75) is 36.9 Å². The monoisotopic (exact) mass is 458 g/mol. The minimum Gasteiger partial charge on any atom is -0.478 e. The summed E-state index contributed by atoms with van der Waals surface area (Å²) in [5, 5.41) is 27.9. The molecule has 0 saturated carbocycles. The van der Waals surface area contributed by atoms with Crippen molar-refractivity contribution in [1.29, 1.82) is 0 Å². The van der Waals surface area contributed by atoms with Crippen LogP contribution < -0.4 is 0 Å². The number of carboxylic acids is 2. The van der Waals surface area contributed by atoms with Gasteiger partial charge in [-0.25, -0.2) is 32.0 Å². The number of aliphatic carboxylic acids is 2. The van der Waals surface area contributed by atoms with Gasteiger partial charge < -0.3 is 39.6 Å². The van der Waals surface area contributed by atoms with Crippen molar-refractivity contribution in [1.82, 2.24) is 0 Å². The Bertz CT molecular complexity index is 742. The Labute approximate surface area is 153 Å². The average Bonchev–Trinajstić information content (AvgIpc) is 2.46. The van der Waals surface area contributed by atoms with Gasteiger partial charge in [-0.3, -0.25) is 4.52 Å². The van der Waals surface area contributed by atoms with E-state index in [1.807, 2.05) is 0 Å². The number of aliphatic hydroxyl groups excluding tert-OH is 1. The van der Waals surface area contributed by atoms with Gasteiger partial charge in [0.15, 0.2) is 0 Å². The second-order valence-corrected chi connectivity index (χ2v) is 7.62. The molecule has 7 N–H and O–H groups in total. The largest absolute Gasteiger partial charge is 0.478 e. The first-order chi connectivity index (χ1) is 12.5. The smallest absolute Gasteiger partial charge is 0.472 e. The molecule has 0 fully saturated rings. The zero-order valence-corrected chi connectivity index (χ0v) is 15.0. The molecule has 0 bridgehead atoms. The number of phosphoric acid groups is 2. The highest BCUT2D eigenvalue weighted by molar-refractivity contribution is 7.46. The molecule has 0 spiro atoms.